The Morgan fingerprint density at radius 2 is 1.96 bits per heavy atom. The summed E-state index contributed by atoms with van der Waals surface area (Å²) >= 11 is 0. The molecular formula is C21H29N3O3. The van der Waals surface area contributed by atoms with Gasteiger partial charge in [-0.25, -0.2) is 0 Å². The van der Waals surface area contributed by atoms with Crippen LogP contribution in [0.3, 0.4) is 0 Å². The maximum absolute atomic E-state index is 12.0. The molecule has 0 bridgehead atoms. The maximum Gasteiger partial charge on any atom is 0.247 e. The summed E-state index contributed by atoms with van der Waals surface area (Å²) in [6, 6.07) is 7.92. The second kappa shape index (κ2) is 10.2. The normalized spacial score (nSPS) is 15.0. The van der Waals surface area contributed by atoms with Crippen LogP contribution in [-0.4, -0.2) is 35.4 Å². The molecule has 1 N–H and O–H groups in total. The topological polar surface area (TPSA) is 77.2 Å². The van der Waals surface area contributed by atoms with Gasteiger partial charge in [-0.3, -0.25) is 4.79 Å². The molecule has 1 fully saturated rings. The zero-order valence-electron chi connectivity index (χ0n) is 16.1. The molecule has 0 aliphatic heterocycles. The lowest BCUT2D eigenvalue weighted by Gasteiger charge is -2.21. The third kappa shape index (κ3) is 6.47. The number of aromatic nitrogens is 2. The number of benzene rings is 1. The average Bonchev–Trinajstić information content (AvgIpc) is 3.16. The lowest BCUT2D eigenvalue weighted by Crippen LogP contribution is -2.26. The first-order valence-corrected chi connectivity index (χ1v) is 9.98. The molecule has 1 aliphatic rings. The van der Waals surface area contributed by atoms with Crippen LogP contribution < -0.4 is 5.32 Å². The SMILES string of the molecule is Cc1ccc(-c2nnc(CCC(=O)NCCCOC3CCCCC3)o2)cc1. The van der Waals surface area contributed by atoms with Crippen LogP contribution in [0.2, 0.25) is 0 Å². The zero-order valence-corrected chi connectivity index (χ0v) is 16.1. The number of nitrogens with one attached hydrogen (secondary N) is 1. The first kappa shape index (κ1) is 19.5. The fourth-order valence-corrected chi connectivity index (χ4v) is 3.26. The van der Waals surface area contributed by atoms with E-state index in [1.165, 1.54) is 37.7 Å². The number of amides is 1. The molecule has 27 heavy (non-hydrogen) atoms. The van der Waals surface area contributed by atoms with Gasteiger partial charge in [-0.1, -0.05) is 37.0 Å². The molecule has 6 nitrogen and oxygen atoms in total. The Morgan fingerprint density at radius 1 is 1.19 bits per heavy atom. The summed E-state index contributed by atoms with van der Waals surface area (Å²) in [6.45, 7) is 3.39. The van der Waals surface area contributed by atoms with E-state index in [0.717, 1.165) is 12.0 Å². The van der Waals surface area contributed by atoms with Crippen molar-refractivity contribution in [1.29, 1.82) is 0 Å². The largest absolute Gasteiger partial charge is 0.421 e. The number of nitrogens with zero attached hydrogens (tertiary/aromatic N) is 2. The van der Waals surface area contributed by atoms with Crippen molar-refractivity contribution in [3.05, 3.63) is 35.7 Å². The molecule has 0 atom stereocenters. The van der Waals surface area contributed by atoms with Crippen LogP contribution >= 0.6 is 0 Å². The van der Waals surface area contributed by atoms with E-state index in [4.69, 9.17) is 9.15 Å². The first-order valence-electron chi connectivity index (χ1n) is 9.98. The highest BCUT2D eigenvalue weighted by molar-refractivity contribution is 5.75. The highest BCUT2D eigenvalue weighted by Crippen LogP contribution is 2.20. The van der Waals surface area contributed by atoms with Gasteiger partial charge in [0, 0.05) is 31.6 Å². The molecule has 1 aromatic heterocycles. The lowest BCUT2D eigenvalue weighted by molar-refractivity contribution is -0.121. The third-order valence-corrected chi connectivity index (χ3v) is 4.88. The second-order valence-corrected chi connectivity index (χ2v) is 7.20. The Kier molecular flexibility index (Phi) is 7.39. The van der Waals surface area contributed by atoms with Crippen molar-refractivity contribution < 1.29 is 13.9 Å². The standard InChI is InChI=1S/C21H29N3O3/c1-16-8-10-17(11-9-16)21-24-23-20(27-21)13-12-19(25)22-14-5-15-26-18-6-3-2-4-7-18/h8-11,18H,2-7,12-15H2,1H3,(H,22,25). The summed E-state index contributed by atoms with van der Waals surface area (Å²) in [5.41, 5.74) is 2.07. The van der Waals surface area contributed by atoms with Crippen LogP contribution in [-0.2, 0) is 16.0 Å². The highest BCUT2D eigenvalue weighted by atomic mass is 16.5. The molecule has 146 valence electrons. The third-order valence-electron chi connectivity index (χ3n) is 4.88. The van der Waals surface area contributed by atoms with Gasteiger partial charge >= 0.3 is 0 Å². The second-order valence-electron chi connectivity index (χ2n) is 7.20. The van der Waals surface area contributed by atoms with E-state index in [2.05, 4.69) is 15.5 Å². The number of carbonyl (C=O) groups excluding carboxylic acids is 1. The van der Waals surface area contributed by atoms with Crippen LogP contribution in [0.1, 0.15) is 56.4 Å². The summed E-state index contributed by atoms with van der Waals surface area (Å²) < 4.78 is 11.5. The Morgan fingerprint density at radius 3 is 2.74 bits per heavy atom. The minimum absolute atomic E-state index is 0.00255. The van der Waals surface area contributed by atoms with Gasteiger partial charge in [0.2, 0.25) is 17.7 Å². The van der Waals surface area contributed by atoms with Crippen molar-refractivity contribution in [2.75, 3.05) is 13.2 Å². The lowest BCUT2D eigenvalue weighted by atomic mass is 9.98. The van der Waals surface area contributed by atoms with E-state index in [1.54, 1.807) is 0 Å². The van der Waals surface area contributed by atoms with Crippen LogP contribution in [0.4, 0.5) is 0 Å². The molecule has 1 amide bonds. The number of ether oxygens (including phenoxy) is 1. The van der Waals surface area contributed by atoms with E-state index in [9.17, 15) is 4.79 Å². The number of rotatable bonds is 9. The smallest absolute Gasteiger partial charge is 0.247 e. The van der Waals surface area contributed by atoms with E-state index in [0.29, 0.717) is 43.9 Å². The van der Waals surface area contributed by atoms with E-state index in [1.807, 2.05) is 31.2 Å². The van der Waals surface area contributed by atoms with Crippen LogP contribution in [0.25, 0.3) is 11.5 Å². The van der Waals surface area contributed by atoms with Crippen molar-refractivity contribution in [2.45, 2.75) is 64.4 Å². The number of aryl methyl sites for hydroxylation is 2. The van der Waals surface area contributed by atoms with Gasteiger partial charge < -0.3 is 14.5 Å². The number of carbonyl (C=O) groups is 1. The van der Waals surface area contributed by atoms with Gasteiger partial charge in [0.05, 0.1) is 6.10 Å². The molecule has 1 aromatic carbocycles. The van der Waals surface area contributed by atoms with E-state index in [-0.39, 0.29) is 5.91 Å². The monoisotopic (exact) mass is 371 g/mol. The van der Waals surface area contributed by atoms with Crippen molar-refractivity contribution in [3.8, 4) is 11.5 Å². The number of hydrogen-bond donors (Lipinski definition) is 1. The first-order chi connectivity index (χ1) is 13.2. The Bertz CT molecular complexity index is 706. The molecular weight excluding hydrogens is 342 g/mol. The van der Waals surface area contributed by atoms with Gasteiger partial charge in [-0.15, -0.1) is 10.2 Å². The summed E-state index contributed by atoms with van der Waals surface area (Å²) in [5, 5.41) is 11.0. The highest BCUT2D eigenvalue weighted by Gasteiger charge is 2.13. The summed E-state index contributed by atoms with van der Waals surface area (Å²) in [6.07, 6.45) is 8.33. The quantitative estimate of drug-likeness (QED) is 0.678. The predicted octanol–water partition coefficient (Wildman–Crippen LogP) is 3.83. The van der Waals surface area contributed by atoms with E-state index < -0.39 is 0 Å². The van der Waals surface area contributed by atoms with Gasteiger partial charge in [-0.2, -0.15) is 0 Å². The summed E-state index contributed by atoms with van der Waals surface area (Å²) in [7, 11) is 0. The molecule has 0 spiro atoms. The van der Waals surface area contributed by atoms with Gasteiger partial charge in [0.1, 0.15) is 0 Å². The van der Waals surface area contributed by atoms with Gasteiger partial charge in [0.25, 0.3) is 0 Å². The van der Waals surface area contributed by atoms with Gasteiger partial charge in [0.15, 0.2) is 0 Å². The molecule has 6 heteroatoms. The van der Waals surface area contributed by atoms with E-state index >= 15 is 0 Å². The zero-order chi connectivity index (χ0) is 18.9. The van der Waals surface area contributed by atoms with Crippen molar-refractivity contribution in [2.24, 2.45) is 0 Å². The Labute approximate surface area is 160 Å². The maximum atomic E-state index is 12.0. The summed E-state index contributed by atoms with van der Waals surface area (Å²) in [5.74, 6) is 0.981. The Balaban J connectivity index is 1.30. The molecule has 1 heterocycles. The molecule has 1 aliphatic carbocycles. The van der Waals surface area contributed by atoms with Crippen LogP contribution in [0, 0.1) is 6.92 Å². The van der Waals surface area contributed by atoms with Crippen LogP contribution in [0.15, 0.2) is 28.7 Å². The van der Waals surface area contributed by atoms with Crippen molar-refractivity contribution in [1.82, 2.24) is 15.5 Å². The minimum Gasteiger partial charge on any atom is -0.421 e. The summed E-state index contributed by atoms with van der Waals surface area (Å²) in [4.78, 5) is 12.0. The molecule has 0 saturated heterocycles. The molecule has 1 saturated carbocycles. The fraction of sp³-hybridized carbons (Fsp3) is 0.571. The van der Waals surface area contributed by atoms with Crippen LogP contribution in [0.5, 0.6) is 0 Å². The minimum atomic E-state index is 0.00255. The number of hydrogen-bond acceptors (Lipinski definition) is 5. The Hall–Kier alpha value is -2.21. The molecule has 0 unspecified atom stereocenters. The van der Waals surface area contributed by atoms with Gasteiger partial charge in [-0.05, 0) is 38.3 Å². The molecule has 2 aromatic rings. The van der Waals surface area contributed by atoms with Crippen molar-refractivity contribution in [3.63, 3.8) is 0 Å². The van der Waals surface area contributed by atoms with Crippen molar-refractivity contribution >= 4 is 5.91 Å². The fourth-order valence-electron chi connectivity index (χ4n) is 3.26. The molecule has 3 rings (SSSR count). The molecule has 0 radical (unpaired) electrons. The predicted molar refractivity (Wildman–Crippen MR) is 103 cm³/mol. The average molecular weight is 371 g/mol.